The number of benzene rings is 2. The van der Waals surface area contributed by atoms with E-state index in [4.69, 9.17) is 12.2 Å². The summed E-state index contributed by atoms with van der Waals surface area (Å²) in [6, 6.07) is 12.5. The molecular formula is C14H16N2S. The van der Waals surface area contributed by atoms with E-state index in [0.29, 0.717) is 0 Å². The van der Waals surface area contributed by atoms with Crippen LogP contribution in [-0.4, -0.2) is 26.1 Å². The molecule has 0 saturated heterocycles. The molecule has 0 aliphatic carbocycles. The highest BCUT2D eigenvalue weighted by Gasteiger charge is 2.09. The first-order valence-electron chi connectivity index (χ1n) is 5.56. The van der Waals surface area contributed by atoms with Gasteiger partial charge in [0.2, 0.25) is 0 Å². The van der Waals surface area contributed by atoms with Gasteiger partial charge in [0.1, 0.15) is 4.99 Å². The van der Waals surface area contributed by atoms with Gasteiger partial charge in [-0.1, -0.05) is 42.5 Å². The third kappa shape index (κ3) is 2.11. The second-order valence-electron chi connectivity index (χ2n) is 4.15. The third-order valence-electron chi connectivity index (χ3n) is 2.84. The quantitative estimate of drug-likeness (QED) is 0.818. The van der Waals surface area contributed by atoms with Crippen LogP contribution in [0, 0.1) is 0 Å². The zero-order valence-electron chi connectivity index (χ0n) is 10.3. The average molecular weight is 244 g/mol. The Balaban J connectivity index is 2.80. The first-order valence-corrected chi connectivity index (χ1v) is 5.97. The van der Waals surface area contributed by atoms with E-state index < -0.39 is 0 Å². The monoisotopic (exact) mass is 244 g/mol. The van der Waals surface area contributed by atoms with Crippen molar-refractivity contribution in [2.24, 2.45) is 0 Å². The Kier molecular flexibility index (Phi) is 3.29. The van der Waals surface area contributed by atoms with E-state index in [0.717, 1.165) is 10.6 Å². The normalized spacial score (nSPS) is 10.3. The molecule has 0 aromatic heterocycles. The fourth-order valence-corrected chi connectivity index (χ4v) is 2.19. The van der Waals surface area contributed by atoms with Crippen LogP contribution in [0.3, 0.4) is 0 Å². The largest absolute Gasteiger partial charge is 0.379 e. The van der Waals surface area contributed by atoms with Crippen LogP contribution < -0.4 is 10.2 Å². The minimum atomic E-state index is 0.782. The van der Waals surface area contributed by atoms with Crippen LogP contribution in [0.2, 0.25) is 0 Å². The molecule has 2 aromatic rings. The van der Waals surface area contributed by atoms with Crippen molar-refractivity contribution >= 4 is 33.7 Å². The predicted molar refractivity (Wildman–Crippen MR) is 79.0 cm³/mol. The Morgan fingerprint density at radius 3 is 2.35 bits per heavy atom. The zero-order chi connectivity index (χ0) is 12.4. The van der Waals surface area contributed by atoms with Crippen LogP contribution in [0.5, 0.6) is 0 Å². The van der Waals surface area contributed by atoms with Crippen molar-refractivity contribution in [3.8, 4) is 0 Å². The van der Waals surface area contributed by atoms with Gasteiger partial charge in [0.05, 0.1) is 0 Å². The highest BCUT2D eigenvalue weighted by atomic mass is 32.1. The molecule has 0 saturated carbocycles. The molecule has 0 unspecified atom stereocenters. The third-order valence-corrected chi connectivity index (χ3v) is 3.26. The Labute approximate surface area is 107 Å². The highest BCUT2D eigenvalue weighted by Crippen LogP contribution is 2.28. The molecule has 0 spiro atoms. The van der Waals surface area contributed by atoms with Crippen molar-refractivity contribution in [2.45, 2.75) is 0 Å². The van der Waals surface area contributed by atoms with Gasteiger partial charge >= 0.3 is 0 Å². The number of fused-ring (bicyclic) bond motifs is 1. The average Bonchev–Trinajstić information content (AvgIpc) is 2.36. The zero-order valence-corrected chi connectivity index (χ0v) is 11.1. The maximum absolute atomic E-state index is 5.37. The lowest BCUT2D eigenvalue weighted by molar-refractivity contribution is 1.14. The maximum atomic E-state index is 5.37. The topological polar surface area (TPSA) is 15.3 Å². The molecular weight excluding hydrogens is 228 g/mol. The Morgan fingerprint density at radius 2 is 1.76 bits per heavy atom. The van der Waals surface area contributed by atoms with Crippen LogP contribution in [0.1, 0.15) is 5.56 Å². The van der Waals surface area contributed by atoms with Gasteiger partial charge in [-0.15, -0.1) is 0 Å². The van der Waals surface area contributed by atoms with Crippen LogP contribution in [0.25, 0.3) is 10.8 Å². The Bertz CT molecular complexity index is 556. The number of hydrogen-bond acceptors (Lipinski definition) is 2. The summed E-state index contributed by atoms with van der Waals surface area (Å²) in [5.74, 6) is 0. The van der Waals surface area contributed by atoms with Gasteiger partial charge in [0.15, 0.2) is 0 Å². The lowest BCUT2D eigenvalue weighted by atomic mass is 10.0. The number of nitrogens with one attached hydrogen (secondary N) is 1. The first kappa shape index (κ1) is 11.9. The standard InChI is InChI=1S/C14H16N2S/c1-15-14(17)11-8-4-6-10-7-5-9-12(13(10)11)16(2)3/h4-9H,1-3H3,(H,15,17). The molecule has 0 aliphatic rings. The van der Waals surface area contributed by atoms with Gasteiger partial charge in [-0.2, -0.15) is 0 Å². The van der Waals surface area contributed by atoms with Crippen LogP contribution in [-0.2, 0) is 0 Å². The van der Waals surface area contributed by atoms with E-state index >= 15 is 0 Å². The van der Waals surface area contributed by atoms with Crippen molar-refractivity contribution in [3.63, 3.8) is 0 Å². The summed E-state index contributed by atoms with van der Waals surface area (Å²) < 4.78 is 0. The molecule has 88 valence electrons. The lowest BCUT2D eigenvalue weighted by Gasteiger charge is -2.18. The molecule has 0 fully saturated rings. The summed E-state index contributed by atoms with van der Waals surface area (Å²) in [5.41, 5.74) is 2.28. The number of nitrogens with zero attached hydrogens (tertiary/aromatic N) is 1. The second kappa shape index (κ2) is 4.72. The SMILES string of the molecule is CNC(=S)c1cccc2cccc(N(C)C)c12. The molecule has 2 nitrogen and oxygen atoms in total. The van der Waals surface area contributed by atoms with Gasteiger partial charge in [0.25, 0.3) is 0 Å². The minimum absolute atomic E-state index is 0.782. The summed E-state index contributed by atoms with van der Waals surface area (Å²) in [5, 5.41) is 5.47. The van der Waals surface area contributed by atoms with E-state index in [-0.39, 0.29) is 0 Å². The summed E-state index contributed by atoms with van der Waals surface area (Å²) >= 11 is 5.37. The molecule has 3 heteroatoms. The highest BCUT2D eigenvalue weighted by molar-refractivity contribution is 7.80. The summed E-state index contributed by atoms with van der Waals surface area (Å²) in [6.07, 6.45) is 0. The van der Waals surface area contributed by atoms with Crippen LogP contribution in [0.15, 0.2) is 36.4 Å². The van der Waals surface area contributed by atoms with E-state index in [1.54, 1.807) is 0 Å². The molecule has 0 radical (unpaired) electrons. The molecule has 17 heavy (non-hydrogen) atoms. The second-order valence-corrected chi connectivity index (χ2v) is 4.56. The molecule has 1 N–H and O–H groups in total. The summed E-state index contributed by atoms with van der Waals surface area (Å²) in [4.78, 5) is 2.90. The first-order chi connectivity index (χ1) is 8.15. The maximum Gasteiger partial charge on any atom is 0.107 e. The predicted octanol–water partition coefficient (Wildman–Crippen LogP) is 2.80. The van der Waals surface area contributed by atoms with E-state index in [9.17, 15) is 0 Å². The molecule has 0 bridgehead atoms. The number of anilines is 1. The summed E-state index contributed by atoms with van der Waals surface area (Å²) in [7, 11) is 5.96. The van der Waals surface area contributed by atoms with E-state index in [1.807, 2.05) is 27.2 Å². The van der Waals surface area contributed by atoms with Gasteiger partial charge in [-0.25, -0.2) is 0 Å². The number of thiocarbonyl (C=S) groups is 1. The van der Waals surface area contributed by atoms with Crippen molar-refractivity contribution in [2.75, 3.05) is 26.0 Å². The van der Waals surface area contributed by atoms with Crippen molar-refractivity contribution in [1.29, 1.82) is 0 Å². The van der Waals surface area contributed by atoms with E-state index in [1.165, 1.54) is 16.5 Å². The lowest BCUT2D eigenvalue weighted by Crippen LogP contribution is -2.18. The fraction of sp³-hybridized carbons (Fsp3) is 0.214. The molecule has 2 aromatic carbocycles. The van der Waals surface area contributed by atoms with Crippen molar-refractivity contribution in [1.82, 2.24) is 5.32 Å². The molecule has 0 aliphatic heterocycles. The van der Waals surface area contributed by atoms with Crippen molar-refractivity contribution < 1.29 is 0 Å². The van der Waals surface area contributed by atoms with Gasteiger partial charge < -0.3 is 10.2 Å². The summed E-state index contributed by atoms with van der Waals surface area (Å²) in [6.45, 7) is 0. The van der Waals surface area contributed by atoms with Crippen molar-refractivity contribution in [3.05, 3.63) is 42.0 Å². The number of hydrogen-bond donors (Lipinski definition) is 1. The Hall–Kier alpha value is -1.61. The number of rotatable bonds is 2. The molecule has 2 rings (SSSR count). The molecule has 0 amide bonds. The van der Waals surface area contributed by atoms with Gasteiger partial charge in [0, 0.05) is 37.8 Å². The smallest absolute Gasteiger partial charge is 0.107 e. The fourth-order valence-electron chi connectivity index (χ4n) is 2.02. The van der Waals surface area contributed by atoms with Gasteiger partial charge in [-0.05, 0) is 11.5 Å². The van der Waals surface area contributed by atoms with Crippen LogP contribution in [0.4, 0.5) is 5.69 Å². The molecule has 0 atom stereocenters. The van der Waals surface area contributed by atoms with Gasteiger partial charge in [-0.3, -0.25) is 0 Å². The molecule has 0 heterocycles. The van der Waals surface area contributed by atoms with Crippen LogP contribution >= 0.6 is 12.2 Å². The van der Waals surface area contributed by atoms with E-state index in [2.05, 4.69) is 40.5 Å². The Morgan fingerprint density at radius 1 is 1.12 bits per heavy atom. The minimum Gasteiger partial charge on any atom is -0.379 e.